The molecule has 1 fully saturated rings. The molecule has 0 atom stereocenters. The van der Waals surface area contributed by atoms with E-state index in [0.717, 1.165) is 12.3 Å². The van der Waals surface area contributed by atoms with Crippen molar-refractivity contribution >= 4 is 0 Å². The molecule has 1 nitrogen and oxygen atoms in total. The van der Waals surface area contributed by atoms with Gasteiger partial charge in [0.25, 0.3) is 0 Å². The zero-order valence-electron chi connectivity index (χ0n) is 9.38. The molecule has 0 aliphatic heterocycles. The van der Waals surface area contributed by atoms with Crippen LogP contribution in [0.5, 0.6) is 0 Å². The molecule has 1 aliphatic carbocycles. The quantitative estimate of drug-likeness (QED) is 0.707. The molecule has 1 saturated carbocycles. The van der Waals surface area contributed by atoms with Crippen LogP contribution in [0.2, 0.25) is 0 Å². The van der Waals surface area contributed by atoms with Crippen LogP contribution in [0.4, 0.5) is 0 Å². The van der Waals surface area contributed by atoms with Crippen LogP contribution in [-0.4, -0.2) is 4.98 Å². The van der Waals surface area contributed by atoms with E-state index >= 15 is 0 Å². The summed E-state index contributed by atoms with van der Waals surface area (Å²) < 4.78 is 0. The van der Waals surface area contributed by atoms with Crippen molar-refractivity contribution in [1.29, 1.82) is 0 Å². The highest BCUT2D eigenvalue weighted by Gasteiger charge is 2.25. The Hall–Kier alpha value is -0.850. The van der Waals surface area contributed by atoms with E-state index in [1.165, 1.54) is 29.8 Å². The van der Waals surface area contributed by atoms with Gasteiger partial charge in [-0.15, -0.1) is 0 Å². The number of hydrogen-bond acceptors (Lipinski definition) is 1. The van der Waals surface area contributed by atoms with Crippen molar-refractivity contribution in [3.05, 3.63) is 29.1 Å². The van der Waals surface area contributed by atoms with Gasteiger partial charge in [-0.1, -0.05) is 20.8 Å². The van der Waals surface area contributed by atoms with Crippen molar-refractivity contribution in [3.63, 3.8) is 0 Å². The van der Waals surface area contributed by atoms with E-state index < -0.39 is 0 Å². The van der Waals surface area contributed by atoms with Gasteiger partial charge in [0.05, 0.1) is 0 Å². The largest absolute Gasteiger partial charge is 0.257 e. The Kier molecular flexibility index (Phi) is 2.58. The third kappa shape index (κ3) is 1.97. The highest BCUT2D eigenvalue weighted by molar-refractivity contribution is 5.27. The Morgan fingerprint density at radius 1 is 1.36 bits per heavy atom. The van der Waals surface area contributed by atoms with Crippen LogP contribution >= 0.6 is 0 Å². The summed E-state index contributed by atoms with van der Waals surface area (Å²) in [5.41, 5.74) is 4.06. The number of nitrogens with zero attached hydrogens (tertiary/aromatic N) is 1. The van der Waals surface area contributed by atoms with Crippen molar-refractivity contribution in [2.45, 2.75) is 51.9 Å². The molecule has 1 aromatic rings. The molecular weight excluding hydrogens is 170 g/mol. The smallest absolute Gasteiger partial charge is 0.0440 e. The van der Waals surface area contributed by atoms with Gasteiger partial charge in [0.2, 0.25) is 0 Å². The Labute approximate surface area is 86.6 Å². The minimum absolute atomic E-state index is 0.555. The number of pyridine rings is 1. The molecule has 0 aromatic carbocycles. The Morgan fingerprint density at radius 2 is 2.07 bits per heavy atom. The average Bonchev–Trinajstić information content (AvgIpc) is 3.00. The van der Waals surface area contributed by atoms with Gasteiger partial charge in [0.15, 0.2) is 0 Å². The minimum Gasteiger partial charge on any atom is -0.257 e. The van der Waals surface area contributed by atoms with Crippen molar-refractivity contribution < 1.29 is 0 Å². The zero-order valence-corrected chi connectivity index (χ0v) is 9.38. The molecular formula is C13H19N. The summed E-state index contributed by atoms with van der Waals surface area (Å²) in [5.74, 6) is 1.33. The Bertz CT molecular complexity index is 304. The van der Waals surface area contributed by atoms with Gasteiger partial charge in [-0.05, 0) is 42.9 Å². The lowest BCUT2D eigenvalue weighted by molar-refractivity contribution is 0.798. The van der Waals surface area contributed by atoms with Crippen LogP contribution in [0.1, 0.15) is 62.4 Å². The fourth-order valence-electron chi connectivity index (χ4n) is 1.72. The van der Waals surface area contributed by atoms with Crippen LogP contribution < -0.4 is 0 Å². The summed E-state index contributed by atoms with van der Waals surface area (Å²) >= 11 is 0. The maximum absolute atomic E-state index is 4.74. The molecule has 0 N–H and O–H groups in total. The monoisotopic (exact) mass is 189 g/mol. The summed E-state index contributed by atoms with van der Waals surface area (Å²) in [5, 5.41) is 0. The van der Waals surface area contributed by atoms with Crippen LogP contribution in [0.25, 0.3) is 0 Å². The number of aryl methyl sites for hydroxylation is 1. The third-order valence-electron chi connectivity index (χ3n) is 2.92. The summed E-state index contributed by atoms with van der Waals surface area (Å²) in [6.07, 6.45) is 3.82. The number of hydrogen-bond donors (Lipinski definition) is 0. The van der Waals surface area contributed by atoms with E-state index in [1.807, 2.05) is 0 Å². The lowest BCUT2D eigenvalue weighted by Crippen LogP contribution is -1.99. The predicted octanol–water partition coefficient (Wildman–Crippen LogP) is 3.64. The van der Waals surface area contributed by atoms with Crippen LogP contribution in [-0.2, 0) is 6.42 Å². The van der Waals surface area contributed by atoms with E-state index in [0.29, 0.717) is 5.92 Å². The maximum Gasteiger partial charge on any atom is 0.0440 e. The summed E-state index contributed by atoms with van der Waals surface area (Å²) in [6.45, 7) is 6.66. The van der Waals surface area contributed by atoms with Crippen molar-refractivity contribution in [2.24, 2.45) is 0 Å². The van der Waals surface area contributed by atoms with E-state index in [9.17, 15) is 0 Å². The molecule has 1 aromatic heterocycles. The van der Waals surface area contributed by atoms with Crippen LogP contribution in [0, 0.1) is 0 Å². The second-order valence-electron chi connectivity index (χ2n) is 4.61. The van der Waals surface area contributed by atoms with Crippen molar-refractivity contribution in [1.82, 2.24) is 4.98 Å². The molecule has 0 radical (unpaired) electrons. The molecule has 0 unspecified atom stereocenters. The first-order chi connectivity index (χ1) is 6.70. The molecule has 0 saturated heterocycles. The second kappa shape index (κ2) is 3.72. The van der Waals surface area contributed by atoms with E-state index in [4.69, 9.17) is 4.98 Å². The predicted molar refractivity (Wildman–Crippen MR) is 59.7 cm³/mol. The molecule has 1 heterocycles. The highest BCUT2D eigenvalue weighted by atomic mass is 14.7. The van der Waals surface area contributed by atoms with Crippen molar-refractivity contribution in [3.8, 4) is 0 Å². The van der Waals surface area contributed by atoms with E-state index in [1.54, 1.807) is 0 Å². The lowest BCUT2D eigenvalue weighted by Gasteiger charge is -2.09. The van der Waals surface area contributed by atoms with Gasteiger partial charge in [0, 0.05) is 17.3 Å². The molecule has 0 bridgehead atoms. The van der Waals surface area contributed by atoms with E-state index in [-0.39, 0.29) is 0 Å². The summed E-state index contributed by atoms with van der Waals surface area (Å²) in [7, 11) is 0. The summed E-state index contributed by atoms with van der Waals surface area (Å²) in [4.78, 5) is 4.74. The highest BCUT2D eigenvalue weighted by Crippen LogP contribution is 2.39. The Morgan fingerprint density at radius 3 is 2.57 bits per heavy atom. The topological polar surface area (TPSA) is 12.9 Å². The fraction of sp³-hybridized carbons (Fsp3) is 0.615. The van der Waals surface area contributed by atoms with Crippen LogP contribution in [0.3, 0.4) is 0 Å². The fourth-order valence-corrected chi connectivity index (χ4v) is 1.72. The first-order valence-corrected chi connectivity index (χ1v) is 5.71. The molecule has 76 valence electrons. The van der Waals surface area contributed by atoms with Gasteiger partial charge >= 0.3 is 0 Å². The number of aromatic nitrogens is 1. The van der Waals surface area contributed by atoms with Gasteiger partial charge in [-0.25, -0.2) is 0 Å². The van der Waals surface area contributed by atoms with Gasteiger partial charge in [0.1, 0.15) is 0 Å². The first-order valence-electron chi connectivity index (χ1n) is 5.71. The average molecular weight is 189 g/mol. The maximum atomic E-state index is 4.74. The third-order valence-corrected chi connectivity index (χ3v) is 2.92. The van der Waals surface area contributed by atoms with Gasteiger partial charge in [-0.2, -0.15) is 0 Å². The van der Waals surface area contributed by atoms with Gasteiger partial charge in [-0.3, -0.25) is 4.98 Å². The first kappa shape index (κ1) is 9.70. The van der Waals surface area contributed by atoms with E-state index in [2.05, 4.69) is 32.9 Å². The van der Waals surface area contributed by atoms with Crippen LogP contribution in [0.15, 0.2) is 12.1 Å². The Balaban J connectivity index is 2.35. The van der Waals surface area contributed by atoms with Crippen molar-refractivity contribution in [2.75, 3.05) is 0 Å². The normalized spacial score (nSPS) is 16.3. The lowest BCUT2D eigenvalue weighted by atomic mass is 10.0. The molecule has 0 amide bonds. The molecule has 1 heteroatoms. The molecule has 1 aliphatic rings. The molecule has 14 heavy (non-hydrogen) atoms. The molecule has 0 spiro atoms. The zero-order chi connectivity index (χ0) is 10.1. The standard InChI is InChI=1S/C13H19N/c1-4-10-7-12(9(2)3)14-13(8-10)11-5-6-11/h7-9,11H,4-6H2,1-3H3. The minimum atomic E-state index is 0.555. The van der Waals surface area contributed by atoms with Gasteiger partial charge < -0.3 is 0 Å². The SMILES string of the molecule is CCc1cc(C(C)C)nc(C2CC2)c1. The summed E-state index contributed by atoms with van der Waals surface area (Å²) in [6, 6.07) is 4.56. The second-order valence-corrected chi connectivity index (χ2v) is 4.61. The molecule has 2 rings (SSSR count). The number of rotatable bonds is 3.